The summed E-state index contributed by atoms with van der Waals surface area (Å²) in [5.74, 6) is 0.400. The molecule has 1 N–H and O–H groups in total. The van der Waals surface area contributed by atoms with Crippen LogP contribution in [0.2, 0.25) is 0 Å². The fourth-order valence-electron chi connectivity index (χ4n) is 3.24. The Balaban J connectivity index is 1.49. The molecule has 0 radical (unpaired) electrons. The van der Waals surface area contributed by atoms with Crippen LogP contribution < -0.4 is 5.43 Å². The van der Waals surface area contributed by atoms with Gasteiger partial charge in [-0.15, -0.1) is 10.2 Å². The van der Waals surface area contributed by atoms with E-state index in [2.05, 4.69) is 20.7 Å². The first kappa shape index (κ1) is 23.8. The molecule has 0 saturated carbocycles. The number of aryl methyl sites for hydroxylation is 2. The first-order valence-electron chi connectivity index (χ1n) is 10.7. The molecule has 0 fully saturated rings. The molecule has 4 rings (SSSR count). The monoisotopic (exact) mass is 486 g/mol. The Morgan fingerprint density at radius 1 is 1.06 bits per heavy atom. The molecule has 0 aliphatic rings. The highest BCUT2D eigenvalue weighted by atomic mass is 32.2. The van der Waals surface area contributed by atoms with Gasteiger partial charge in [0.25, 0.3) is 11.6 Å². The molecule has 1 aromatic heterocycles. The normalized spacial score (nSPS) is 11.0. The van der Waals surface area contributed by atoms with Crippen LogP contribution in [0.1, 0.15) is 16.7 Å². The van der Waals surface area contributed by atoms with Crippen molar-refractivity contribution in [3.05, 3.63) is 99.6 Å². The van der Waals surface area contributed by atoms with Gasteiger partial charge in [-0.1, -0.05) is 71.4 Å². The average Bonchev–Trinajstić information content (AvgIpc) is 3.28. The van der Waals surface area contributed by atoms with E-state index in [1.165, 1.54) is 30.1 Å². The second kappa shape index (κ2) is 10.7. The zero-order valence-corrected chi connectivity index (χ0v) is 19.9. The van der Waals surface area contributed by atoms with Crippen LogP contribution in [0.5, 0.6) is 0 Å². The van der Waals surface area contributed by atoms with Gasteiger partial charge >= 0.3 is 0 Å². The van der Waals surface area contributed by atoms with Gasteiger partial charge in [-0.2, -0.15) is 5.10 Å². The number of non-ortho nitro benzene ring substituents is 1. The van der Waals surface area contributed by atoms with Gasteiger partial charge in [-0.3, -0.25) is 19.5 Å². The number of nitrogens with one attached hydrogen (secondary N) is 1. The highest BCUT2D eigenvalue weighted by Gasteiger charge is 2.17. The largest absolute Gasteiger partial charge is 0.272 e. The van der Waals surface area contributed by atoms with Crippen molar-refractivity contribution in [2.24, 2.45) is 5.10 Å². The molecule has 3 aromatic carbocycles. The second-order valence-electron chi connectivity index (χ2n) is 7.78. The third kappa shape index (κ3) is 5.98. The van der Waals surface area contributed by atoms with Crippen molar-refractivity contribution in [1.82, 2.24) is 20.2 Å². The number of hydrazone groups is 1. The Kier molecular flexibility index (Phi) is 7.32. The number of nitro benzene ring substituents is 1. The van der Waals surface area contributed by atoms with Crippen molar-refractivity contribution in [3.8, 4) is 17.1 Å². The molecular weight excluding hydrogens is 464 g/mol. The first-order chi connectivity index (χ1) is 16.9. The van der Waals surface area contributed by atoms with Gasteiger partial charge in [0.1, 0.15) is 0 Å². The molecule has 0 saturated heterocycles. The molecule has 0 bridgehead atoms. The van der Waals surface area contributed by atoms with Crippen molar-refractivity contribution >= 4 is 29.6 Å². The van der Waals surface area contributed by atoms with Crippen molar-refractivity contribution < 1.29 is 9.72 Å². The van der Waals surface area contributed by atoms with Crippen LogP contribution in [0.4, 0.5) is 5.69 Å². The molecule has 0 spiro atoms. The fourth-order valence-corrected chi connectivity index (χ4v) is 3.98. The maximum absolute atomic E-state index is 12.4. The summed E-state index contributed by atoms with van der Waals surface area (Å²) in [6, 6.07) is 22.0. The topological polar surface area (TPSA) is 115 Å². The maximum atomic E-state index is 12.4. The molecule has 10 heteroatoms. The maximum Gasteiger partial charge on any atom is 0.270 e. The molecule has 1 amide bonds. The fraction of sp³-hybridized carbons (Fsp3) is 0.120. The van der Waals surface area contributed by atoms with Crippen LogP contribution in [0.3, 0.4) is 0 Å². The molecule has 0 atom stereocenters. The standard InChI is InChI=1S/C25H22N6O3S/c1-17-6-10-20(11-7-17)24-28-29-25(30(24)21-12-8-18(2)9-13-21)35-16-23(32)27-26-15-19-4-3-5-22(14-19)31(33)34/h3-15H,16H2,1-2H3,(H,27,32). The molecule has 1 heterocycles. The Hall–Kier alpha value is -4.31. The molecule has 176 valence electrons. The van der Waals surface area contributed by atoms with Crippen LogP contribution in [0.25, 0.3) is 17.1 Å². The number of hydrogen-bond donors (Lipinski definition) is 1. The van der Waals surface area contributed by atoms with Gasteiger partial charge in [0.15, 0.2) is 11.0 Å². The number of rotatable bonds is 8. The molecule has 9 nitrogen and oxygen atoms in total. The summed E-state index contributed by atoms with van der Waals surface area (Å²) in [7, 11) is 0. The van der Waals surface area contributed by atoms with Crippen LogP contribution >= 0.6 is 11.8 Å². The van der Waals surface area contributed by atoms with Gasteiger partial charge < -0.3 is 0 Å². The Morgan fingerprint density at radius 2 is 1.74 bits per heavy atom. The highest BCUT2D eigenvalue weighted by molar-refractivity contribution is 7.99. The number of aromatic nitrogens is 3. The minimum Gasteiger partial charge on any atom is -0.272 e. The minimum atomic E-state index is -0.485. The lowest BCUT2D eigenvalue weighted by Gasteiger charge is -2.11. The summed E-state index contributed by atoms with van der Waals surface area (Å²) in [4.78, 5) is 22.8. The van der Waals surface area contributed by atoms with Gasteiger partial charge in [0.05, 0.1) is 16.9 Å². The van der Waals surface area contributed by atoms with Crippen molar-refractivity contribution in [2.75, 3.05) is 5.75 Å². The van der Waals surface area contributed by atoms with E-state index in [1.807, 2.05) is 66.9 Å². The third-order valence-electron chi connectivity index (χ3n) is 5.05. The molecule has 4 aromatic rings. The molecule has 0 unspecified atom stereocenters. The number of carbonyl (C=O) groups excluding carboxylic acids is 1. The average molecular weight is 487 g/mol. The Morgan fingerprint density at radius 3 is 2.43 bits per heavy atom. The summed E-state index contributed by atoms with van der Waals surface area (Å²) in [6.45, 7) is 4.04. The summed E-state index contributed by atoms with van der Waals surface area (Å²) < 4.78 is 1.93. The van der Waals surface area contributed by atoms with Gasteiger partial charge in [0, 0.05) is 28.9 Å². The van der Waals surface area contributed by atoms with Crippen LogP contribution in [-0.4, -0.2) is 37.6 Å². The molecular formula is C25H22N6O3S. The highest BCUT2D eigenvalue weighted by Crippen LogP contribution is 2.28. The van der Waals surface area contributed by atoms with E-state index in [9.17, 15) is 14.9 Å². The smallest absolute Gasteiger partial charge is 0.270 e. The lowest BCUT2D eigenvalue weighted by atomic mass is 10.1. The number of hydrogen-bond acceptors (Lipinski definition) is 7. The summed E-state index contributed by atoms with van der Waals surface area (Å²) >= 11 is 1.24. The van der Waals surface area contributed by atoms with E-state index in [4.69, 9.17) is 0 Å². The van der Waals surface area contributed by atoms with Crippen molar-refractivity contribution in [3.63, 3.8) is 0 Å². The van der Waals surface area contributed by atoms with E-state index in [1.54, 1.807) is 12.1 Å². The van der Waals surface area contributed by atoms with Crippen LogP contribution in [0.15, 0.2) is 83.1 Å². The summed E-state index contributed by atoms with van der Waals surface area (Å²) in [5.41, 5.74) is 6.99. The van der Waals surface area contributed by atoms with Gasteiger partial charge in [-0.25, -0.2) is 5.43 Å². The number of amides is 1. The van der Waals surface area contributed by atoms with E-state index in [-0.39, 0.29) is 17.3 Å². The summed E-state index contributed by atoms with van der Waals surface area (Å²) in [5, 5.41) is 24.1. The lowest BCUT2D eigenvalue weighted by molar-refractivity contribution is -0.384. The van der Waals surface area contributed by atoms with E-state index in [0.29, 0.717) is 16.5 Å². The number of carbonyl (C=O) groups is 1. The van der Waals surface area contributed by atoms with Gasteiger partial charge in [0.2, 0.25) is 0 Å². The first-order valence-corrected chi connectivity index (χ1v) is 11.7. The van der Waals surface area contributed by atoms with E-state index < -0.39 is 4.92 Å². The molecule has 0 aliphatic carbocycles. The predicted molar refractivity (Wildman–Crippen MR) is 136 cm³/mol. The van der Waals surface area contributed by atoms with Gasteiger partial charge in [-0.05, 0) is 26.0 Å². The van der Waals surface area contributed by atoms with E-state index >= 15 is 0 Å². The molecule has 0 aliphatic heterocycles. The second-order valence-corrected chi connectivity index (χ2v) is 8.72. The van der Waals surface area contributed by atoms with E-state index in [0.717, 1.165) is 22.4 Å². The Labute approximate surface area is 206 Å². The van der Waals surface area contributed by atoms with Crippen molar-refractivity contribution in [1.29, 1.82) is 0 Å². The number of thioether (sulfide) groups is 1. The SMILES string of the molecule is Cc1ccc(-c2nnc(SCC(=O)NN=Cc3cccc([N+](=O)[O-])c3)n2-c2ccc(C)cc2)cc1. The predicted octanol–water partition coefficient (Wildman–Crippen LogP) is 4.70. The van der Waals surface area contributed by atoms with Crippen LogP contribution in [0, 0.1) is 24.0 Å². The number of benzene rings is 3. The minimum absolute atomic E-state index is 0.0457. The van der Waals surface area contributed by atoms with Crippen molar-refractivity contribution in [2.45, 2.75) is 19.0 Å². The molecule has 35 heavy (non-hydrogen) atoms. The summed E-state index contributed by atoms with van der Waals surface area (Å²) in [6.07, 6.45) is 1.36. The van der Waals surface area contributed by atoms with Crippen LogP contribution in [-0.2, 0) is 4.79 Å². The lowest BCUT2D eigenvalue weighted by Crippen LogP contribution is -2.20. The Bertz CT molecular complexity index is 1380. The number of nitrogens with zero attached hydrogens (tertiary/aromatic N) is 5. The zero-order chi connectivity index (χ0) is 24.8. The quantitative estimate of drug-likeness (QED) is 0.167. The third-order valence-corrected chi connectivity index (χ3v) is 5.98. The zero-order valence-electron chi connectivity index (χ0n) is 19.1. The number of nitro groups is 1.